The molecule has 1 aliphatic rings. The van der Waals surface area contributed by atoms with E-state index in [1.54, 1.807) is 20.8 Å². The zero-order chi connectivity index (χ0) is 18.9. The summed E-state index contributed by atoms with van der Waals surface area (Å²) in [7, 11) is 0. The van der Waals surface area contributed by atoms with Gasteiger partial charge in [0.05, 0.1) is 5.56 Å². The Balaban J connectivity index is 2.17. The van der Waals surface area contributed by atoms with Gasteiger partial charge in [-0.3, -0.25) is 4.79 Å². The van der Waals surface area contributed by atoms with Gasteiger partial charge in [0.15, 0.2) is 11.6 Å². The van der Waals surface area contributed by atoms with Crippen molar-refractivity contribution in [1.29, 1.82) is 0 Å². The highest BCUT2D eigenvalue weighted by Gasteiger charge is 2.38. The first-order valence-electron chi connectivity index (χ1n) is 7.80. The topological polar surface area (TPSA) is 46.6 Å². The Morgan fingerprint density at radius 2 is 1.96 bits per heavy atom. The van der Waals surface area contributed by atoms with Crippen LogP contribution in [0.1, 0.15) is 44.7 Å². The quantitative estimate of drug-likeness (QED) is 0.757. The van der Waals surface area contributed by atoms with Crippen LogP contribution in [0, 0.1) is 17.6 Å². The van der Waals surface area contributed by atoms with Crippen LogP contribution in [-0.4, -0.2) is 29.0 Å². The number of alkyl halides is 2. The van der Waals surface area contributed by atoms with Gasteiger partial charge in [-0.2, -0.15) is 0 Å². The highest BCUT2D eigenvalue weighted by atomic mass is 19.3. The Morgan fingerprint density at radius 1 is 1.32 bits per heavy atom. The zero-order valence-corrected chi connectivity index (χ0v) is 14.1. The zero-order valence-electron chi connectivity index (χ0n) is 14.1. The second kappa shape index (κ2) is 7.01. The molecule has 8 heteroatoms. The fourth-order valence-electron chi connectivity index (χ4n) is 2.71. The van der Waals surface area contributed by atoms with Gasteiger partial charge in [-0.05, 0) is 45.2 Å². The fourth-order valence-corrected chi connectivity index (χ4v) is 2.71. The third-order valence-electron chi connectivity index (χ3n) is 3.84. The van der Waals surface area contributed by atoms with Gasteiger partial charge in [-0.15, -0.1) is 0 Å². The maximum atomic E-state index is 13.7. The van der Waals surface area contributed by atoms with Crippen molar-refractivity contribution >= 4 is 12.0 Å². The van der Waals surface area contributed by atoms with Crippen LogP contribution in [0.5, 0.6) is 0 Å². The van der Waals surface area contributed by atoms with Crippen LogP contribution in [0.4, 0.5) is 22.4 Å². The minimum absolute atomic E-state index is 0.0894. The number of halogens is 4. The average Bonchev–Trinajstić information content (AvgIpc) is 2.82. The molecule has 1 fully saturated rings. The molecule has 1 saturated heterocycles. The van der Waals surface area contributed by atoms with Crippen LogP contribution < -0.4 is 0 Å². The highest BCUT2D eigenvalue weighted by Crippen LogP contribution is 2.32. The smallest absolute Gasteiger partial charge is 0.417 e. The van der Waals surface area contributed by atoms with Crippen LogP contribution in [0.3, 0.4) is 0 Å². The van der Waals surface area contributed by atoms with Gasteiger partial charge in [0.1, 0.15) is 5.60 Å². The van der Waals surface area contributed by atoms with Crippen LogP contribution in [0.15, 0.2) is 12.1 Å². The summed E-state index contributed by atoms with van der Waals surface area (Å²) in [6.45, 7) is 5.05. The molecule has 0 aliphatic carbocycles. The van der Waals surface area contributed by atoms with Gasteiger partial charge in [-0.25, -0.2) is 27.3 Å². The van der Waals surface area contributed by atoms with Gasteiger partial charge in [-0.1, -0.05) is 6.07 Å². The number of hydrogen-bond donors (Lipinski definition) is 0. The largest absolute Gasteiger partial charge is 0.443 e. The minimum atomic E-state index is -3.20. The van der Waals surface area contributed by atoms with Gasteiger partial charge >= 0.3 is 6.09 Å². The monoisotopic (exact) mass is 361 g/mol. The van der Waals surface area contributed by atoms with Gasteiger partial charge < -0.3 is 4.74 Å². The average molecular weight is 361 g/mol. The number of imide groups is 1. The molecule has 0 saturated carbocycles. The van der Waals surface area contributed by atoms with Gasteiger partial charge in [0.2, 0.25) is 5.91 Å². The molecule has 0 aromatic heterocycles. The second-order valence-corrected chi connectivity index (χ2v) is 6.89. The van der Waals surface area contributed by atoms with Crippen molar-refractivity contribution in [2.24, 2.45) is 5.92 Å². The summed E-state index contributed by atoms with van der Waals surface area (Å²) in [5.41, 5.74) is -1.96. The number of nitrogens with zero attached hydrogens (tertiary/aromatic N) is 1. The number of rotatable bonds is 3. The molecule has 0 N–H and O–H groups in total. The Labute approximate surface area is 142 Å². The van der Waals surface area contributed by atoms with Crippen LogP contribution >= 0.6 is 0 Å². The van der Waals surface area contributed by atoms with Crippen molar-refractivity contribution in [3.8, 4) is 0 Å². The summed E-state index contributed by atoms with van der Waals surface area (Å²) in [4.78, 5) is 25.3. The van der Waals surface area contributed by atoms with E-state index in [0.29, 0.717) is 0 Å². The molecular formula is C17H19F4NO3. The molecule has 2 amide bonds. The van der Waals surface area contributed by atoms with E-state index in [9.17, 15) is 27.2 Å². The SMILES string of the molecule is CC(C)(C)OC(=O)N1CCC(Cc2ccc(F)c(F)c2C(F)F)C1=O. The summed E-state index contributed by atoms with van der Waals surface area (Å²) in [5.74, 6) is -4.32. The summed E-state index contributed by atoms with van der Waals surface area (Å²) in [5, 5.41) is 0. The number of carbonyl (C=O) groups excluding carboxylic acids is 2. The van der Waals surface area contributed by atoms with Crippen molar-refractivity contribution in [2.75, 3.05) is 6.54 Å². The lowest BCUT2D eigenvalue weighted by Gasteiger charge is -2.23. The van der Waals surface area contributed by atoms with E-state index in [0.717, 1.165) is 17.0 Å². The maximum Gasteiger partial charge on any atom is 0.417 e. The molecule has 0 bridgehead atoms. The van der Waals surface area contributed by atoms with E-state index in [4.69, 9.17) is 4.74 Å². The van der Waals surface area contributed by atoms with E-state index >= 15 is 0 Å². The Bertz CT molecular complexity index is 685. The fraction of sp³-hybridized carbons (Fsp3) is 0.529. The molecule has 0 spiro atoms. The lowest BCUT2D eigenvalue weighted by atomic mass is 9.94. The Morgan fingerprint density at radius 3 is 2.52 bits per heavy atom. The molecule has 1 heterocycles. The molecular weight excluding hydrogens is 342 g/mol. The van der Waals surface area contributed by atoms with E-state index in [-0.39, 0.29) is 24.9 Å². The molecule has 25 heavy (non-hydrogen) atoms. The molecule has 1 atom stereocenters. The van der Waals surface area contributed by atoms with Crippen LogP contribution in [0.25, 0.3) is 0 Å². The predicted octanol–water partition coefficient (Wildman–Crippen LogP) is 4.23. The van der Waals surface area contributed by atoms with Gasteiger partial charge in [0, 0.05) is 12.5 Å². The second-order valence-electron chi connectivity index (χ2n) is 6.89. The Hall–Kier alpha value is -2.12. The van der Waals surface area contributed by atoms with Crippen molar-refractivity contribution in [2.45, 2.75) is 45.6 Å². The third kappa shape index (κ3) is 4.29. The number of hydrogen-bond acceptors (Lipinski definition) is 3. The molecule has 1 unspecified atom stereocenters. The lowest BCUT2D eigenvalue weighted by Crippen LogP contribution is -2.38. The van der Waals surface area contributed by atoms with E-state index < -0.39 is 47.1 Å². The summed E-state index contributed by atoms with van der Waals surface area (Å²) >= 11 is 0. The van der Waals surface area contributed by atoms with Crippen molar-refractivity contribution in [3.05, 3.63) is 34.9 Å². The molecule has 2 rings (SSSR count). The van der Waals surface area contributed by atoms with Crippen molar-refractivity contribution < 1.29 is 31.9 Å². The normalized spacial score (nSPS) is 18.2. The Kier molecular flexibility index (Phi) is 5.39. The minimum Gasteiger partial charge on any atom is -0.443 e. The summed E-state index contributed by atoms with van der Waals surface area (Å²) < 4.78 is 58.1. The van der Waals surface area contributed by atoms with Gasteiger partial charge in [0.25, 0.3) is 6.43 Å². The first kappa shape index (κ1) is 19.2. The molecule has 1 aromatic rings. The molecule has 4 nitrogen and oxygen atoms in total. The van der Waals surface area contributed by atoms with E-state index in [1.165, 1.54) is 0 Å². The summed E-state index contributed by atoms with van der Waals surface area (Å²) in [6, 6.07) is 1.80. The molecule has 1 aliphatic heterocycles. The number of benzene rings is 1. The first-order valence-corrected chi connectivity index (χ1v) is 7.80. The van der Waals surface area contributed by atoms with Crippen molar-refractivity contribution in [1.82, 2.24) is 4.90 Å². The van der Waals surface area contributed by atoms with E-state index in [2.05, 4.69) is 0 Å². The predicted molar refractivity (Wildman–Crippen MR) is 81.1 cm³/mol. The number of carbonyl (C=O) groups is 2. The van der Waals surface area contributed by atoms with E-state index in [1.807, 2.05) is 0 Å². The number of amides is 2. The maximum absolute atomic E-state index is 13.7. The molecule has 1 aromatic carbocycles. The van der Waals surface area contributed by atoms with Crippen LogP contribution in [0.2, 0.25) is 0 Å². The molecule has 0 radical (unpaired) electrons. The third-order valence-corrected chi connectivity index (χ3v) is 3.84. The van der Waals surface area contributed by atoms with Crippen molar-refractivity contribution in [3.63, 3.8) is 0 Å². The first-order chi connectivity index (χ1) is 11.5. The number of likely N-dealkylation sites (tertiary alicyclic amines) is 1. The summed E-state index contributed by atoms with van der Waals surface area (Å²) in [6.07, 6.45) is -3.97. The highest BCUT2D eigenvalue weighted by molar-refractivity contribution is 5.95. The number of ether oxygens (including phenoxy) is 1. The standard InChI is InChI=1S/C17H19F4NO3/c1-17(2,3)25-16(24)22-7-6-10(15(22)23)8-9-4-5-11(18)13(19)12(9)14(20)21/h4-5,10,14H,6-8H2,1-3H3. The lowest BCUT2D eigenvalue weighted by molar-refractivity contribution is -0.130. The van der Waals surface area contributed by atoms with Crippen LogP contribution in [-0.2, 0) is 16.0 Å². The molecule has 138 valence electrons.